The van der Waals surface area contributed by atoms with Crippen molar-refractivity contribution in [3.63, 3.8) is 0 Å². The molecule has 8 rings (SSSR count). The van der Waals surface area contributed by atoms with E-state index in [0.29, 0.717) is 17.2 Å². The van der Waals surface area contributed by atoms with Gasteiger partial charge in [0.25, 0.3) is 0 Å². The van der Waals surface area contributed by atoms with E-state index in [-0.39, 0.29) is 0 Å². The summed E-state index contributed by atoms with van der Waals surface area (Å²) in [6.45, 7) is 3.95. The zero-order chi connectivity index (χ0) is 32.5. The van der Waals surface area contributed by atoms with Crippen LogP contribution in [0.1, 0.15) is 11.4 Å². The minimum Gasteiger partial charge on any atom is -0.577 e. The Balaban J connectivity index is 1.19. The van der Waals surface area contributed by atoms with Gasteiger partial charge in [0.05, 0.1) is 5.75 Å². The van der Waals surface area contributed by atoms with Crippen molar-refractivity contribution in [2.24, 2.45) is 0 Å². The van der Waals surface area contributed by atoms with Crippen LogP contribution in [0, 0.1) is 13.8 Å². The number of pyridine rings is 2. The lowest BCUT2D eigenvalue weighted by Crippen LogP contribution is -2.37. The predicted molar refractivity (Wildman–Crippen MR) is 195 cm³/mol. The van der Waals surface area contributed by atoms with Crippen molar-refractivity contribution in [2.45, 2.75) is 13.8 Å². The van der Waals surface area contributed by atoms with Crippen LogP contribution in [0.25, 0.3) is 54.8 Å². The fourth-order valence-corrected chi connectivity index (χ4v) is 7.46. The standard InChI is InChI=1S/C22H16O.2C10H9NO.Al/c23-22-15-14-19(20-8-4-5-9-21(20)22)18-12-10-17(11-13-18)16-6-2-1-3-7-16;2*1-7-5-6-8-3-2-4-9(12)10(8)11-7;/h1-15,23H;2*2-6,12H,1H3;/q;;;+3/p-3. The lowest BCUT2D eigenvalue weighted by atomic mass is 9.96. The third-order valence-corrected chi connectivity index (χ3v) is 9.84. The van der Waals surface area contributed by atoms with Crippen LogP contribution in [0.15, 0.2) is 152 Å². The molecule has 0 aliphatic carbocycles. The van der Waals surface area contributed by atoms with Gasteiger partial charge in [-0.15, -0.1) is 0 Å². The molecular weight excluding hydrogens is 607 g/mol. The summed E-state index contributed by atoms with van der Waals surface area (Å²) in [7, 11) is 0. The second kappa shape index (κ2) is 12.9. The highest BCUT2D eigenvalue weighted by Crippen LogP contribution is 2.36. The van der Waals surface area contributed by atoms with Crippen LogP contribution in [-0.2, 0) is 0 Å². The third kappa shape index (κ3) is 5.96. The van der Waals surface area contributed by atoms with E-state index < -0.39 is 15.1 Å². The summed E-state index contributed by atoms with van der Waals surface area (Å²) < 4.78 is 20.2. The van der Waals surface area contributed by atoms with E-state index in [2.05, 4.69) is 84.9 Å². The molecule has 0 spiro atoms. The lowest BCUT2D eigenvalue weighted by molar-refractivity contribution is 0.311. The molecular formula is C42H31AlN2O3. The fraction of sp³-hybridized carbons (Fsp3) is 0.0476. The van der Waals surface area contributed by atoms with Gasteiger partial charge in [-0.05, 0) is 71.8 Å². The quantitative estimate of drug-likeness (QED) is 0.155. The molecule has 2 aromatic heterocycles. The maximum atomic E-state index is 6.80. The number of fused-ring (bicyclic) bond motifs is 3. The highest BCUT2D eigenvalue weighted by atomic mass is 27.3. The van der Waals surface area contributed by atoms with E-state index in [4.69, 9.17) is 21.3 Å². The average Bonchev–Trinajstić information content (AvgIpc) is 3.13. The number of para-hydroxylation sites is 2. The van der Waals surface area contributed by atoms with Crippen molar-refractivity contribution in [2.75, 3.05) is 0 Å². The van der Waals surface area contributed by atoms with E-state index >= 15 is 0 Å². The molecule has 0 saturated heterocycles. The van der Waals surface area contributed by atoms with E-state index in [1.165, 1.54) is 11.1 Å². The molecule has 5 nitrogen and oxygen atoms in total. The normalized spacial score (nSPS) is 11.1. The number of benzene rings is 6. The minimum absolute atomic E-state index is 0.622. The van der Waals surface area contributed by atoms with Crippen LogP contribution in [0.5, 0.6) is 17.2 Å². The van der Waals surface area contributed by atoms with Gasteiger partial charge in [0, 0.05) is 27.5 Å². The molecule has 0 amide bonds. The number of nitrogens with zero attached hydrogens (tertiary/aromatic N) is 2. The summed E-state index contributed by atoms with van der Waals surface area (Å²) in [5, 5.41) is 4.04. The monoisotopic (exact) mass is 638 g/mol. The highest BCUT2D eigenvalue weighted by Gasteiger charge is 2.45. The SMILES string of the molecule is Cc1ccc2cccc([O][Al]([O]c3ccc(-c4ccc(-c5ccccc5)cc4)c4ccccc34)[O]c3cccc4ccc(C)nc34)c2n1. The molecule has 0 radical (unpaired) electrons. The number of aromatic nitrogens is 2. The summed E-state index contributed by atoms with van der Waals surface area (Å²) in [6.07, 6.45) is 0. The van der Waals surface area contributed by atoms with Crippen molar-refractivity contribution in [3.05, 3.63) is 163 Å². The molecule has 6 aromatic carbocycles. The first-order chi connectivity index (χ1) is 23.6. The zero-order valence-corrected chi connectivity index (χ0v) is 27.8. The van der Waals surface area contributed by atoms with Crippen LogP contribution < -0.4 is 11.4 Å². The molecule has 48 heavy (non-hydrogen) atoms. The second-order valence-corrected chi connectivity index (χ2v) is 13.1. The first kappa shape index (κ1) is 29.7. The Hall–Kier alpha value is -5.67. The minimum atomic E-state index is -2.98. The summed E-state index contributed by atoms with van der Waals surface area (Å²) in [5.41, 5.74) is 8.00. The molecule has 6 heteroatoms. The first-order valence-electron chi connectivity index (χ1n) is 16.0. The largest absolute Gasteiger partial charge is 1.20 e. The van der Waals surface area contributed by atoms with Crippen LogP contribution in [0.2, 0.25) is 0 Å². The van der Waals surface area contributed by atoms with Crippen LogP contribution in [-0.4, -0.2) is 25.1 Å². The molecule has 230 valence electrons. The molecule has 0 N–H and O–H groups in total. The summed E-state index contributed by atoms with van der Waals surface area (Å²) >= 11 is -2.98. The van der Waals surface area contributed by atoms with E-state index in [1.54, 1.807) is 0 Å². The molecule has 0 aliphatic rings. The summed E-state index contributed by atoms with van der Waals surface area (Å²) in [5.74, 6) is 1.94. The lowest BCUT2D eigenvalue weighted by Gasteiger charge is -2.20. The molecule has 8 aromatic rings. The topological polar surface area (TPSA) is 53.5 Å². The predicted octanol–water partition coefficient (Wildman–Crippen LogP) is 10.4. The molecule has 0 bridgehead atoms. The van der Waals surface area contributed by atoms with Crippen molar-refractivity contribution in [1.29, 1.82) is 0 Å². The molecule has 0 unspecified atom stereocenters. The smallest absolute Gasteiger partial charge is 0.577 e. The maximum Gasteiger partial charge on any atom is 1.20 e. The van der Waals surface area contributed by atoms with Gasteiger partial charge in [0.15, 0.2) is 0 Å². The Kier molecular flexibility index (Phi) is 7.96. The van der Waals surface area contributed by atoms with Gasteiger partial charge in [0.2, 0.25) is 0 Å². The average molecular weight is 639 g/mol. The number of hydrogen-bond acceptors (Lipinski definition) is 5. The molecule has 0 atom stereocenters. The van der Waals surface area contributed by atoms with Crippen molar-refractivity contribution >= 4 is 47.7 Å². The molecule has 0 aliphatic heterocycles. The van der Waals surface area contributed by atoms with Crippen molar-refractivity contribution in [3.8, 4) is 39.5 Å². The Morgan fingerprint density at radius 1 is 0.396 bits per heavy atom. The van der Waals surface area contributed by atoms with Crippen LogP contribution in [0.4, 0.5) is 0 Å². The highest BCUT2D eigenvalue weighted by molar-refractivity contribution is 6.40. The van der Waals surface area contributed by atoms with Crippen molar-refractivity contribution in [1.82, 2.24) is 9.97 Å². The first-order valence-corrected chi connectivity index (χ1v) is 17.4. The van der Waals surface area contributed by atoms with Gasteiger partial charge in [-0.3, -0.25) is 0 Å². The maximum absolute atomic E-state index is 6.80. The fourth-order valence-electron chi connectivity index (χ4n) is 6.11. The van der Waals surface area contributed by atoms with Gasteiger partial charge in [0.1, 0.15) is 22.5 Å². The zero-order valence-electron chi connectivity index (χ0n) is 26.6. The Bertz CT molecular complexity index is 2330. The summed E-state index contributed by atoms with van der Waals surface area (Å²) in [4.78, 5) is 9.60. The molecule has 2 heterocycles. The Morgan fingerprint density at radius 2 is 0.917 bits per heavy atom. The molecule has 0 saturated carbocycles. The van der Waals surface area contributed by atoms with E-state index in [9.17, 15) is 0 Å². The van der Waals surface area contributed by atoms with Crippen LogP contribution >= 0.6 is 0 Å². The number of aryl methyl sites for hydroxylation is 2. The Morgan fingerprint density at radius 3 is 1.54 bits per heavy atom. The summed E-state index contributed by atoms with van der Waals surface area (Å²) in [6, 6.07) is 51.5. The second-order valence-electron chi connectivity index (χ2n) is 11.8. The van der Waals surface area contributed by atoms with E-state index in [0.717, 1.165) is 55.1 Å². The van der Waals surface area contributed by atoms with E-state index in [1.807, 2.05) is 80.6 Å². The van der Waals surface area contributed by atoms with Gasteiger partial charge in [-0.1, -0.05) is 121 Å². The number of hydrogen-bond donors (Lipinski definition) is 0. The third-order valence-electron chi connectivity index (χ3n) is 8.50. The van der Waals surface area contributed by atoms with Gasteiger partial charge < -0.3 is 11.4 Å². The molecule has 0 fully saturated rings. The van der Waals surface area contributed by atoms with Crippen molar-refractivity contribution < 1.29 is 11.4 Å². The van der Waals surface area contributed by atoms with Gasteiger partial charge in [-0.2, -0.15) is 0 Å². The van der Waals surface area contributed by atoms with Gasteiger partial charge >= 0.3 is 15.1 Å². The van der Waals surface area contributed by atoms with Crippen LogP contribution in [0.3, 0.4) is 0 Å². The number of rotatable bonds is 8. The van der Waals surface area contributed by atoms with Gasteiger partial charge in [-0.25, -0.2) is 9.97 Å². The Labute approximate surface area is 284 Å².